The van der Waals surface area contributed by atoms with Gasteiger partial charge in [-0.3, -0.25) is 0 Å². The smallest absolute Gasteiger partial charge is 0.150 e. The van der Waals surface area contributed by atoms with E-state index in [4.69, 9.17) is 4.74 Å². The molecular weight excluding hydrogens is 408 g/mol. The standard InChI is InChI=1S/C28H42N4O/c1-5-9-11-19-29-23-13-15-27(25(21-23)31-17-7-3)33-28-16-14-24(30-20-12-10-6-2)22-26(28)32-18-8-4/h7-8,13-16,21-22,29-32H,3-6,9-12,17-20H2,1-2H3. The SMILES string of the molecule is C=CCNc1cc(NCCCCC)ccc1Oc1ccc(NCCCCC)cc1NCC=C. The molecule has 2 aromatic carbocycles. The largest absolute Gasteiger partial charge is 0.453 e. The number of unbranched alkanes of at least 4 members (excludes halogenated alkanes) is 4. The van der Waals surface area contributed by atoms with Crippen molar-refractivity contribution in [3.8, 4) is 11.5 Å². The van der Waals surface area contributed by atoms with E-state index in [-0.39, 0.29) is 0 Å². The molecule has 0 unspecified atom stereocenters. The van der Waals surface area contributed by atoms with E-state index in [1.165, 1.54) is 38.5 Å². The predicted octanol–water partition coefficient (Wildman–Crippen LogP) is 7.88. The van der Waals surface area contributed by atoms with Crippen molar-refractivity contribution in [2.75, 3.05) is 47.4 Å². The molecule has 0 aliphatic heterocycles. The Morgan fingerprint density at radius 3 is 1.52 bits per heavy atom. The highest BCUT2D eigenvalue weighted by Crippen LogP contribution is 2.37. The number of hydrogen-bond donors (Lipinski definition) is 4. The molecule has 0 heterocycles. The van der Waals surface area contributed by atoms with Crippen LogP contribution in [0.4, 0.5) is 22.7 Å². The topological polar surface area (TPSA) is 57.4 Å². The molecular formula is C28H42N4O. The number of nitrogens with one attached hydrogen (secondary N) is 4. The zero-order chi connectivity index (χ0) is 23.7. The average Bonchev–Trinajstić information content (AvgIpc) is 2.84. The number of benzene rings is 2. The number of rotatable bonds is 18. The third kappa shape index (κ3) is 9.52. The Kier molecular flexibility index (Phi) is 12.4. The lowest BCUT2D eigenvalue weighted by Crippen LogP contribution is -2.06. The van der Waals surface area contributed by atoms with E-state index in [0.29, 0.717) is 13.1 Å². The molecule has 0 amide bonds. The van der Waals surface area contributed by atoms with E-state index in [0.717, 1.165) is 47.3 Å². The Morgan fingerprint density at radius 2 is 1.12 bits per heavy atom. The maximum absolute atomic E-state index is 6.38. The Hall–Kier alpha value is -3.08. The quantitative estimate of drug-likeness (QED) is 0.137. The summed E-state index contributed by atoms with van der Waals surface area (Å²) in [6, 6.07) is 12.4. The van der Waals surface area contributed by atoms with Crippen molar-refractivity contribution in [1.82, 2.24) is 0 Å². The van der Waals surface area contributed by atoms with Crippen LogP contribution in [-0.2, 0) is 0 Å². The molecule has 5 nitrogen and oxygen atoms in total. The van der Waals surface area contributed by atoms with Gasteiger partial charge in [0.2, 0.25) is 0 Å². The van der Waals surface area contributed by atoms with Gasteiger partial charge in [0.15, 0.2) is 11.5 Å². The van der Waals surface area contributed by atoms with Crippen molar-refractivity contribution < 1.29 is 4.74 Å². The summed E-state index contributed by atoms with van der Waals surface area (Å²) in [4.78, 5) is 0. The van der Waals surface area contributed by atoms with Gasteiger partial charge in [-0.1, -0.05) is 51.7 Å². The van der Waals surface area contributed by atoms with E-state index in [1.54, 1.807) is 0 Å². The summed E-state index contributed by atoms with van der Waals surface area (Å²) in [6.45, 7) is 15.4. The molecule has 0 saturated heterocycles. The molecule has 0 bridgehead atoms. The van der Waals surface area contributed by atoms with Gasteiger partial charge in [-0.25, -0.2) is 0 Å². The minimum Gasteiger partial charge on any atom is -0.453 e. The van der Waals surface area contributed by atoms with Crippen LogP contribution >= 0.6 is 0 Å². The van der Waals surface area contributed by atoms with Crippen LogP contribution in [0.1, 0.15) is 52.4 Å². The van der Waals surface area contributed by atoms with E-state index in [1.807, 2.05) is 24.3 Å². The summed E-state index contributed by atoms with van der Waals surface area (Å²) in [7, 11) is 0. The average molecular weight is 451 g/mol. The van der Waals surface area contributed by atoms with E-state index < -0.39 is 0 Å². The zero-order valence-corrected chi connectivity index (χ0v) is 20.5. The lowest BCUT2D eigenvalue weighted by atomic mass is 10.2. The zero-order valence-electron chi connectivity index (χ0n) is 20.5. The second-order valence-corrected chi connectivity index (χ2v) is 8.13. The van der Waals surface area contributed by atoms with Gasteiger partial charge in [-0.15, -0.1) is 13.2 Å². The molecule has 0 atom stereocenters. The fourth-order valence-corrected chi connectivity index (χ4v) is 3.43. The summed E-state index contributed by atoms with van der Waals surface area (Å²) < 4.78 is 6.38. The van der Waals surface area contributed by atoms with Crippen LogP contribution < -0.4 is 26.0 Å². The summed E-state index contributed by atoms with van der Waals surface area (Å²) in [5.41, 5.74) is 4.04. The van der Waals surface area contributed by atoms with Crippen molar-refractivity contribution >= 4 is 22.7 Å². The van der Waals surface area contributed by atoms with Gasteiger partial charge in [-0.05, 0) is 49.2 Å². The molecule has 4 N–H and O–H groups in total. The second-order valence-electron chi connectivity index (χ2n) is 8.13. The first-order chi connectivity index (χ1) is 16.2. The second kappa shape index (κ2) is 15.7. The Labute approximate surface area is 200 Å². The summed E-state index contributed by atoms with van der Waals surface area (Å²) in [5.74, 6) is 1.56. The van der Waals surface area contributed by atoms with Crippen molar-refractivity contribution in [3.63, 3.8) is 0 Å². The first kappa shape index (κ1) is 26.2. The van der Waals surface area contributed by atoms with E-state index >= 15 is 0 Å². The molecule has 0 aromatic heterocycles. The van der Waals surface area contributed by atoms with Gasteiger partial charge in [0, 0.05) is 37.6 Å². The molecule has 2 aromatic rings. The van der Waals surface area contributed by atoms with Gasteiger partial charge in [0.05, 0.1) is 11.4 Å². The minimum absolute atomic E-state index is 0.665. The Balaban J connectivity index is 2.19. The van der Waals surface area contributed by atoms with E-state index in [2.05, 4.69) is 72.5 Å². The maximum atomic E-state index is 6.38. The lowest BCUT2D eigenvalue weighted by Gasteiger charge is -2.18. The van der Waals surface area contributed by atoms with Gasteiger partial charge in [-0.2, -0.15) is 0 Å². The molecule has 180 valence electrons. The van der Waals surface area contributed by atoms with Crippen molar-refractivity contribution in [1.29, 1.82) is 0 Å². The van der Waals surface area contributed by atoms with E-state index in [9.17, 15) is 0 Å². The fourth-order valence-electron chi connectivity index (χ4n) is 3.43. The van der Waals surface area contributed by atoms with Crippen LogP contribution in [0.25, 0.3) is 0 Å². The molecule has 0 spiro atoms. The van der Waals surface area contributed by atoms with Crippen LogP contribution in [0.5, 0.6) is 11.5 Å². The van der Waals surface area contributed by atoms with Crippen molar-refractivity contribution in [3.05, 3.63) is 61.7 Å². The van der Waals surface area contributed by atoms with Gasteiger partial charge in [0.1, 0.15) is 0 Å². The molecule has 33 heavy (non-hydrogen) atoms. The lowest BCUT2D eigenvalue weighted by molar-refractivity contribution is 0.486. The molecule has 0 aliphatic carbocycles. The Morgan fingerprint density at radius 1 is 0.667 bits per heavy atom. The number of anilines is 4. The van der Waals surface area contributed by atoms with Gasteiger partial charge < -0.3 is 26.0 Å². The molecule has 5 heteroatoms. The van der Waals surface area contributed by atoms with Crippen LogP contribution in [0.2, 0.25) is 0 Å². The molecule has 0 fully saturated rings. The highest BCUT2D eigenvalue weighted by molar-refractivity contribution is 5.69. The normalized spacial score (nSPS) is 10.4. The third-order valence-electron chi connectivity index (χ3n) is 5.27. The molecule has 2 rings (SSSR count). The highest BCUT2D eigenvalue weighted by atomic mass is 16.5. The third-order valence-corrected chi connectivity index (χ3v) is 5.27. The summed E-state index contributed by atoms with van der Waals surface area (Å²) in [5, 5.41) is 13.8. The minimum atomic E-state index is 0.665. The molecule has 0 saturated carbocycles. The van der Waals surface area contributed by atoms with Crippen LogP contribution in [-0.4, -0.2) is 26.2 Å². The number of hydrogen-bond acceptors (Lipinski definition) is 5. The van der Waals surface area contributed by atoms with Gasteiger partial charge in [0.25, 0.3) is 0 Å². The first-order valence-corrected chi connectivity index (χ1v) is 12.3. The van der Waals surface area contributed by atoms with Crippen LogP contribution in [0.3, 0.4) is 0 Å². The van der Waals surface area contributed by atoms with Crippen molar-refractivity contribution in [2.24, 2.45) is 0 Å². The first-order valence-electron chi connectivity index (χ1n) is 12.3. The highest BCUT2D eigenvalue weighted by Gasteiger charge is 2.11. The summed E-state index contributed by atoms with van der Waals surface area (Å²) >= 11 is 0. The van der Waals surface area contributed by atoms with Gasteiger partial charge >= 0.3 is 0 Å². The maximum Gasteiger partial charge on any atom is 0.150 e. The summed E-state index contributed by atoms with van der Waals surface area (Å²) in [6.07, 6.45) is 10.9. The monoisotopic (exact) mass is 450 g/mol. The van der Waals surface area contributed by atoms with Crippen molar-refractivity contribution in [2.45, 2.75) is 52.4 Å². The predicted molar refractivity (Wildman–Crippen MR) is 146 cm³/mol. The van der Waals surface area contributed by atoms with Crippen LogP contribution in [0.15, 0.2) is 61.7 Å². The number of ether oxygens (including phenoxy) is 1. The fraction of sp³-hybridized carbons (Fsp3) is 0.429. The molecule has 0 aliphatic rings. The Bertz CT molecular complexity index is 780. The molecule has 0 radical (unpaired) electrons. The van der Waals surface area contributed by atoms with Crippen LogP contribution in [0, 0.1) is 0 Å².